The normalized spacial score (nSPS) is 13.7. The molecule has 0 atom stereocenters. The predicted molar refractivity (Wildman–Crippen MR) is 115 cm³/mol. The number of hydrogen-bond donors (Lipinski definition) is 2. The lowest BCUT2D eigenvalue weighted by Crippen LogP contribution is -2.19. The van der Waals surface area contributed by atoms with Gasteiger partial charge in [0, 0.05) is 17.4 Å². The Bertz CT molecular complexity index is 939. The topological polar surface area (TPSA) is 59.6 Å². The van der Waals surface area contributed by atoms with Crippen LogP contribution in [0.1, 0.15) is 25.7 Å². The minimum Gasteiger partial charge on any atom is -0.486 e. The monoisotopic (exact) mass is 388 g/mol. The first kappa shape index (κ1) is 18.9. The molecule has 2 N–H and O–H groups in total. The van der Waals surface area contributed by atoms with Gasteiger partial charge in [-0.3, -0.25) is 0 Å². The Morgan fingerprint density at radius 2 is 1.41 bits per heavy atom. The molecule has 2 amide bonds. The molecule has 1 fully saturated rings. The van der Waals surface area contributed by atoms with Gasteiger partial charge in [-0.15, -0.1) is 0 Å². The number of rotatable bonds is 6. The van der Waals surface area contributed by atoms with Crippen LogP contribution >= 0.6 is 0 Å². The van der Waals surface area contributed by atoms with E-state index in [1.54, 1.807) is 0 Å². The summed E-state index contributed by atoms with van der Waals surface area (Å²) in [5, 5.41) is 5.68. The Labute approximate surface area is 170 Å². The first-order valence-electron chi connectivity index (χ1n) is 9.93. The molecule has 0 radical (unpaired) electrons. The van der Waals surface area contributed by atoms with Crippen molar-refractivity contribution in [2.45, 2.75) is 31.8 Å². The summed E-state index contributed by atoms with van der Waals surface area (Å²) < 4.78 is 12.2. The molecule has 0 bridgehead atoms. The van der Waals surface area contributed by atoms with Crippen molar-refractivity contribution in [2.24, 2.45) is 0 Å². The van der Waals surface area contributed by atoms with Crippen LogP contribution in [0.25, 0.3) is 0 Å². The number of urea groups is 1. The molecular weight excluding hydrogens is 364 g/mol. The Balaban J connectivity index is 1.51. The van der Waals surface area contributed by atoms with Gasteiger partial charge >= 0.3 is 6.03 Å². The largest absolute Gasteiger partial charge is 0.486 e. The first-order valence-corrected chi connectivity index (χ1v) is 9.93. The average Bonchev–Trinajstić information content (AvgIpc) is 3.24. The zero-order valence-corrected chi connectivity index (χ0v) is 16.1. The second-order valence-corrected chi connectivity index (χ2v) is 7.05. The number of ether oxygens (including phenoxy) is 2. The molecule has 0 spiro atoms. The lowest BCUT2D eigenvalue weighted by molar-refractivity contribution is 0.203. The Hall–Kier alpha value is -3.47. The molecule has 0 saturated heterocycles. The number of para-hydroxylation sites is 2. The van der Waals surface area contributed by atoms with Crippen molar-refractivity contribution >= 4 is 17.4 Å². The number of hydrogen-bond acceptors (Lipinski definition) is 3. The van der Waals surface area contributed by atoms with Gasteiger partial charge in [-0.2, -0.15) is 0 Å². The van der Waals surface area contributed by atoms with Gasteiger partial charge in [0.05, 0.1) is 6.10 Å². The van der Waals surface area contributed by atoms with Gasteiger partial charge in [0.2, 0.25) is 0 Å². The molecule has 5 heteroatoms. The fourth-order valence-corrected chi connectivity index (χ4v) is 3.38. The smallest absolute Gasteiger partial charge is 0.323 e. The van der Waals surface area contributed by atoms with Crippen molar-refractivity contribution in [3.05, 3.63) is 78.9 Å². The molecule has 1 saturated carbocycles. The molecule has 148 valence electrons. The van der Waals surface area contributed by atoms with Crippen LogP contribution in [0.15, 0.2) is 78.9 Å². The van der Waals surface area contributed by atoms with Crippen molar-refractivity contribution in [3.8, 4) is 17.2 Å². The van der Waals surface area contributed by atoms with Gasteiger partial charge in [0.25, 0.3) is 0 Å². The SMILES string of the molecule is O=C(Nc1ccccc1)Nc1ccc(Oc2ccccc2)c(OC2CCCC2)c1. The van der Waals surface area contributed by atoms with Crippen LogP contribution in [0, 0.1) is 0 Å². The van der Waals surface area contributed by atoms with E-state index in [1.165, 1.54) is 12.8 Å². The highest BCUT2D eigenvalue weighted by atomic mass is 16.5. The molecule has 29 heavy (non-hydrogen) atoms. The summed E-state index contributed by atoms with van der Waals surface area (Å²) >= 11 is 0. The number of carbonyl (C=O) groups excluding carboxylic acids is 1. The van der Waals surface area contributed by atoms with Crippen LogP contribution < -0.4 is 20.1 Å². The molecule has 0 aliphatic heterocycles. The van der Waals surface area contributed by atoms with Gasteiger partial charge in [-0.1, -0.05) is 36.4 Å². The minimum absolute atomic E-state index is 0.182. The van der Waals surface area contributed by atoms with E-state index in [0.29, 0.717) is 17.2 Å². The summed E-state index contributed by atoms with van der Waals surface area (Å²) in [5.74, 6) is 2.02. The van der Waals surface area contributed by atoms with E-state index in [4.69, 9.17) is 9.47 Å². The molecule has 3 aromatic carbocycles. The van der Waals surface area contributed by atoms with Gasteiger partial charge in [-0.05, 0) is 62.1 Å². The van der Waals surface area contributed by atoms with E-state index in [-0.39, 0.29) is 12.1 Å². The van der Waals surface area contributed by atoms with Crippen LogP contribution in [0.5, 0.6) is 17.2 Å². The molecule has 5 nitrogen and oxygen atoms in total. The lowest BCUT2D eigenvalue weighted by Gasteiger charge is -2.18. The zero-order chi connectivity index (χ0) is 19.9. The first-order chi connectivity index (χ1) is 14.3. The zero-order valence-electron chi connectivity index (χ0n) is 16.1. The van der Waals surface area contributed by atoms with Crippen molar-refractivity contribution in [1.82, 2.24) is 0 Å². The minimum atomic E-state index is -0.306. The van der Waals surface area contributed by atoms with Gasteiger partial charge in [0.15, 0.2) is 11.5 Å². The third-order valence-corrected chi connectivity index (χ3v) is 4.80. The maximum absolute atomic E-state index is 12.3. The van der Waals surface area contributed by atoms with E-state index in [1.807, 2.05) is 78.9 Å². The molecule has 1 aliphatic rings. The van der Waals surface area contributed by atoms with Gasteiger partial charge in [-0.25, -0.2) is 4.79 Å². The van der Waals surface area contributed by atoms with E-state index in [2.05, 4.69) is 10.6 Å². The van der Waals surface area contributed by atoms with Crippen molar-refractivity contribution in [1.29, 1.82) is 0 Å². The van der Waals surface area contributed by atoms with Crippen molar-refractivity contribution in [2.75, 3.05) is 10.6 Å². The number of anilines is 2. The number of benzene rings is 3. The van der Waals surface area contributed by atoms with E-state index in [0.717, 1.165) is 24.3 Å². The standard InChI is InChI=1S/C24H24N2O3/c27-24(25-18-9-3-1-4-10-18)26-19-15-16-22(28-20-11-5-2-6-12-20)23(17-19)29-21-13-7-8-14-21/h1-6,9-12,15-17,21H,7-8,13-14H2,(H2,25,26,27). The van der Waals surface area contributed by atoms with Crippen LogP contribution in [-0.4, -0.2) is 12.1 Å². The summed E-state index contributed by atoms with van der Waals surface area (Å²) in [6, 6.07) is 24.1. The molecule has 0 heterocycles. The predicted octanol–water partition coefficient (Wildman–Crippen LogP) is 6.44. The second kappa shape index (κ2) is 9.15. The summed E-state index contributed by atoms with van der Waals surface area (Å²) in [7, 11) is 0. The molecule has 3 aromatic rings. The van der Waals surface area contributed by atoms with Crippen LogP contribution in [0.4, 0.5) is 16.2 Å². The molecule has 4 rings (SSSR count). The molecular formula is C24H24N2O3. The van der Waals surface area contributed by atoms with Crippen LogP contribution in [0.3, 0.4) is 0 Å². The number of amides is 2. The molecule has 0 aromatic heterocycles. The third-order valence-electron chi connectivity index (χ3n) is 4.80. The number of carbonyl (C=O) groups is 1. The van der Waals surface area contributed by atoms with Crippen molar-refractivity contribution < 1.29 is 14.3 Å². The Kier molecular flexibility index (Phi) is 5.95. The molecule has 0 unspecified atom stereocenters. The second-order valence-electron chi connectivity index (χ2n) is 7.05. The fourth-order valence-electron chi connectivity index (χ4n) is 3.38. The summed E-state index contributed by atoms with van der Waals surface area (Å²) in [6.45, 7) is 0. The van der Waals surface area contributed by atoms with Crippen molar-refractivity contribution in [3.63, 3.8) is 0 Å². The van der Waals surface area contributed by atoms with Crippen LogP contribution in [0.2, 0.25) is 0 Å². The Morgan fingerprint density at radius 1 is 0.759 bits per heavy atom. The maximum Gasteiger partial charge on any atom is 0.323 e. The van der Waals surface area contributed by atoms with E-state index >= 15 is 0 Å². The highest BCUT2D eigenvalue weighted by molar-refractivity contribution is 5.99. The highest BCUT2D eigenvalue weighted by Crippen LogP contribution is 2.36. The summed E-state index contributed by atoms with van der Waals surface area (Å²) in [5.41, 5.74) is 1.38. The van der Waals surface area contributed by atoms with E-state index in [9.17, 15) is 4.79 Å². The third kappa shape index (κ3) is 5.29. The fraction of sp³-hybridized carbons (Fsp3) is 0.208. The lowest BCUT2D eigenvalue weighted by atomic mass is 10.2. The Morgan fingerprint density at radius 3 is 2.14 bits per heavy atom. The number of nitrogens with one attached hydrogen (secondary N) is 2. The van der Waals surface area contributed by atoms with E-state index < -0.39 is 0 Å². The average molecular weight is 388 g/mol. The van der Waals surface area contributed by atoms with Gasteiger partial charge in [0.1, 0.15) is 5.75 Å². The quantitative estimate of drug-likeness (QED) is 0.510. The van der Waals surface area contributed by atoms with Crippen LogP contribution in [-0.2, 0) is 0 Å². The highest BCUT2D eigenvalue weighted by Gasteiger charge is 2.19. The molecule has 1 aliphatic carbocycles. The summed E-state index contributed by atoms with van der Waals surface area (Å²) in [6.07, 6.45) is 4.61. The summed E-state index contributed by atoms with van der Waals surface area (Å²) in [4.78, 5) is 12.3. The van der Waals surface area contributed by atoms with Gasteiger partial charge < -0.3 is 20.1 Å². The maximum atomic E-state index is 12.3.